The quantitative estimate of drug-likeness (QED) is 0.126. The molecule has 8 nitrogen and oxygen atoms in total. The van der Waals surface area contributed by atoms with Crippen LogP contribution in [0.3, 0.4) is 0 Å². The van der Waals surface area contributed by atoms with Crippen molar-refractivity contribution in [1.82, 2.24) is 5.32 Å². The maximum atomic E-state index is 10.6. The number of halogens is 1. The van der Waals surface area contributed by atoms with Gasteiger partial charge >= 0.3 is 0 Å². The molecule has 0 fully saturated rings. The largest absolute Gasteiger partial charge is 0.497 e. The maximum Gasteiger partial charge on any atom is 0.269 e. The highest BCUT2D eigenvalue weighted by Gasteiger charge is 2.03. The van der Waals surface area contributed by atoms with Gasteiger partial charge in [0.05, 0.1) is 12.0 Å². The molecule has 0 saturated carbocycles. The number of methoxy groups -OCH3 is 1. The number of aliphatic imine (C=N–C) groups is 1. The van der Waals surface area contributed by atoms with Crippen LogP contribution in [0.5, 0.6) is 5.75 Å². The van der Waals surface area contributed by atoms with Crippen LogP contribution >= 0.6 is 24.0 Å². The molecule has 0 aliphatic rings. The highest BCUT2D eigenvalue weighted by atomic mass is 127. The number of anilines is 1. The van der Waals surface area contributed by atoms with Gasteiger partial charge in [0, 0.05) is 37.5 Å². The number of guanidine groups is 1. The molecule has 0 aliphatic carbocycles. The SMILES string of the molecule is COc1ccc(CCN=C(N)NCCNc2ccc([N+](=O)[O-])cc2)cc1.I. The van der Waals surface area contributed by atoms with Crippen LogP contribution in [0.15, 0.2) is 53.5 Å². The number of nitrogens with two attached hydrogens (primary N) is 1. The number of hydrogen-bond donors (Lipinski definition) is 3. The zero-order chi connectivity index (χ0) is 18.8. The summed E-state index contributed by atoms with van der Waals surface area (Å²) in [5, 5.41) is 16.8. The molecule has 2 aromatic rings. The number of nitrogens with zero attached hydrogens (tertiary/aromatic N) is 2. The van der Waals surface area contributed by atoms with Gasteiger partial charge < -0.3 is 21.1 Å². The smallest absolute Gasteiger partial charge is 0.269 e. The Morgan fingerprint density at radius 3 is 2.41 bits per heavy atom. The lowest BCUT2D eigenvalue weighted by Gasteiger charge is -2.08. The van der Waals surface area contributed by atoms with Gasteiger partial charge in [0.2, 0.25) is 0 Å². The lowest BCUT2D eigenvalue weighted by Crippen LogP contribution is -2.35. The molecular formula is C18H24IN5O3. The van der Waals surface area contributed by atoms with E-state index in [1.165, 1.54) is 17.7 Å². The van der Waals surface area contributed by atoms with Gasteiger partial charge in [-0.15, -0.1) is 24.0 Å². The van der Waals surface area contributed by atoms with Gasteiger partial charge in [-0.3, -0.25) is 15.1 Å². The average Bonchev–Trinajstić information content (AvgIpc) is 2.66. The van der Waals surface area contributed by atoms with Gasteiger partial charge in [0.15, 0.2) is 5.96 Å². The van der Waals surface area contributed by atoms with E-state index < -0.39 is 4.92 Å². The minimum atomic E-state index is -0.422. The summed E-state index contributed by atoms with van der Waals surface area (Å²) in [5.74, 6) is 1.22. The predicted molar refractivity (Wildman–Crippen MR) is 118 cm³/mol. The third kappa shape index (κ3) is 8.11. The van der Waals surface area contributed by atoms with Crippen molar-refractivity contribution in [2.24, 2.45) is 10.7 Å². The number of rotatable bonds is 9. The van der Waals surface area contributed by atoms with Crippen LogP contribution < -0.4 is 21.1 Å². The van der Waals surface area contributed by atoms with E-state index in [4.69, 9.17) is 10.5 Å². The van der Waals surface area contributed by atoms with Crippen LogP contribution in [0.25, 0.3) is 0 Å². The van der Waals surface area contributed by atoms with E-state index in [1.807, 2.05) is 24.3 Å². The molecule has 0 heterocycles. The molecule has 0 bridgehead atoms. The molecule has 0 radical (unpaired) electrons. The fourth-order valence-corrected chi connectivity index (χ4v) is 2.25. The van der Waals surface area contributed by atoms with Gasteiger partial charge in [-0.25, -0.2) is 0 Å². The zero-order valence-corrected chi connectivity index (χ0v) is 17.4. The number of nitro benzene ring substituents is 1. The van der Waals surface area contributed by atoms with Crippen LogP contribution in [0, 0.1) is 10.1 Å². The molecule has 9 heteroatoms. The van der Waals surface area contributed by atoms with E-state index in [9.17, 15) is 10.1 Å². The second-order valence-electron chi connectivity index (χ2n) is 5.52. The second-order valence-corrected chi connectivity index (χ2v) is 5.52. The number of ether oxygens (including phenoxy) is 1. The highest BCUT2D eigenvalue weighted by Crippen LogP contribution is 2.15. The molecule has 146 valence electrons. The summed E-state index contributed by atoms with van der Waals surface area (Å²) in [4.78, 5) is 14.5. The van der Waals surface area contributed by atoms with Crippen LogP contribution in [-0.4, -0.2) is 37.6 Å². The first-order valence-corrected chi connectivity index (χ1v) is 8.23. The molecule has 0 aromatic heterocycles. The van der Waals surface area contributed by atoms with Gasteiger partial charge in [-0.2, -0.15) is 0 Å². The van der Waals surface area contributed by atoms with Crippen molar-refractivity contribution in [3.8, 4) is 5.75 Å². The molecule has 27 heavy (non-hydrogen) atoms. The van der Waals surface area contributed by atoms with Crippen LogP contribution in [-0.2, 0) is 6.42 Å². The van der Waals surface area contributed by atoms with E-state index in [-0.39, 0.29) is 29.7 Å². The Hall–Kier alpha value is -2.56. The zero-order valence-electron chi connectivity index (χ0n) is 15.1. The highest BCUT2D eigenvalue weighted by molar-refractivity contribution is 14.0. The summed E-state index contributed by atoms with van der Waals surface area (Å²) >= 11 is 0. The maximum absolute atomic E-state index is 10.6. The minimum absolute atomic E-state index is 0. The molecule has 0 aliphatic heterocycles. The first kappa shape index (κ1) is 22.5. The van der Waals surface area contributed by atoms with Crippen molar-refractivity contribution in [2.75, 3.05) is 32.1 Å². The monoisotopic (exact) mass is 485 g/mol. The summed E-state index contributed by atoms with van der Waals surface area (Å²) in [6.45, 7) is 1.81. The number of non-ortho nitro benzene ring substituents is 1. The van der Waals surface area contributed by atoms with Crippen molar-refractivity contribution < 1.29 is 9.66 Å². The first-order valence-electron chi connectivity index (χ1n) is 8.23. The van der Waals surface area contributed by atoms with E-state index in [1.54, 1.807) is 19.2 Å². The lowest BCUT2D eigenvalue weighted by atomic mass is 10.1. The fourth-order valence-electron chi connectivity index (χ4n) is 2.25. The standard InChI is InChI=1S/C18H23N5O3.HI/c1-26-17-8-2-14(3-9-17)10-11-21-18(19)22-13-12-20-15-4-6-16(7-5-15)23(24)25;/h2-9,20H,10-13H2,1H3,(H3,19,21,22);1H. The number of nitrogens with one attached hydrogen (secondary N) is 2. The van der Waals surface area contributed by atoms with Crippen molar-refractivity contribution in [3.05, 3.63) is 64.2 Å². The molecule has 0 unspecified atom stereocenters. The molecule has 2 aromatic carbocycles. The topological polar surface area (TPSA) is 115 Å². The fraction of sp³-hybridized carbons (Fsp3) is 0.278. The van der Waals surface area contributed by atoms with E-state index in [0.29, 0.717) is 25.6 Å². The van der Waals surface area contributed by atoms with E-state index in [0.717, 1.165) is 17.9 Å². The molecule has 0 saturated heterocycles. The first-order chi connectivity index (χ1) is 12.6. The summed E-state index contributed by atoms with van der Waals surface area (Å²) in [6.07, 6.45) is 0.799. The third-order valence-electron chi connectivity index (χ3n) is 3.68. The molecule has 0 spiro atoms. The summed E-state index contributed by atoms with van der Waals surface area (Å²) < 4.78 is 5.12. The molecular weight excluding hydrogens is 461 g/mol. The van der Waals surface area contributed by atoms with Gasteiger partial charge in [-0.05, 0) is 36.2 Å². The molecule has 4 N–H and O–H groups in total. The Morgan fingerprint density at radius 1 is 1.15 bits per heavy atom. The molecule has 2 rings (SSSR count). The summed E-state index contributed by atoms with van der Waals surface area (Å²) in [5.41, 5.74) is 7.88. The Balaban J connectivity index is 0.00000364. The van der Waals surface area contributed by atoms with Crippen molar-refractivity contribution >= 4 is 41.3 Å². The lowest BCUT2D eigenvalue weighted by molar-refractivity contribution is -0.384. The van der Waals surface area contributed by atoms with E-state index >= 15 is 0 Å². The Kier molecular flexibility index (Phi) is 9.94. The summed E-state index contributed by atoms with van der Waals surface area (Å²) in [7, 11) is 1.64. The Labute approximate surface area is 175 Å². The number of benzene rings is 2. The van der Waals surface area contributed by atoms with Crippen LogP contribution in [0.4, 0.5) is 11.4 Å². The Morgan fingerprint density at radius 2 is 1.81 bits per heavy atom. The Bertz CT molecular complexity index is 736. The van der Waals surface area contributed by atoms with Crippen molar-refractivity contribution in [2.45, 2.75) is 6.42 Å². The van der Waals surface area contributed by atoms with Crippen LogP contribution in [0.1, 0.15) is 5.56 Å². The van der Waals surface area contributed by atoms with Crippen molar-refractivity contribution in [3.63, 3.8) is 0 Å². The van der Waals surface area contributed by atoms with Gasteiger partial charge in [0.1, 0.15) is 5.75 Å². The van der Waals surface area contributed by atoms with E-state index in [2.05, 4.69) is 15.6 Å². The average molecular weight is 485 g/mol. The second kappa shape index (κ2) is 11.9. The van der Waals surface area contributed by atoms with Crippen LogP contribution in [0.2, 0.25) is 0 Å². The molecule has 0 amide bonds. The minimum Gasteiger partial charge on any atom is -0.497 e. The van der Waals surface area contributed by atoms with Gasteiger partial charge in [-0.1, -0.05) is 12.1 Å². The number of hydrogen-bond acceptors (Lipinski definition) is 5. The normalized spacial score (nSPS) is 10.6. The van der Waals surface area contributed by atoms with Crippen molar-refractivity contribution in [1.29, 1.82) is 0 Å². The summed E-state index contributed by atoms with van der Waals surface area (Å²) in [6, 6.07) is 14.1. The molecule has 0 atom stereocenters. The third-order valence-corrected chi connectivity index (χ3v) is 3.68. The van der Waals surface area contributed by atoms with Gasteiger partial charge in [0.25, 0.3) is 5.69 Å². The predicted octanol–water partition coefficient (Wildman–Crippen LogP) is 2.78. The number of nitro groups is 1.